The predicted octanol–water partition coefficient (Wildman–Crippen LogP) is 1.28. The lowest BCUT2D eigenvalue weighted by molar-refractivity contribution is 0.0921. The van der Waals surface area contributed by atoms with Crippen LogP contribution >= 0.6 is 0 Å². The number of hydrogen-bond donors (Lipinski definition) is 3. The Kier molecular flexibility index (Phi) is 3.47. The van der Waals surface area contributed by atoms with E-state index in [9.17, 15) is 4.79 Å². The Balaban J connectivity index is 1.76. The molecule has 0 saturated heterocycles. The zero-order valence-corrected chi connectivity index (χ0v) is 11.7. The van der Waals surface area contributed by atoms with Crippen LogP contribution in [0.2, 0.25) is 0 Å². The van der Waals surface area contributed by atoms with E-state index in [1.54, 1.807) is 7.11 Å². The van der Waals surface area contributed by atoms with E-state index >= 15 is 0 Å². The third kappa shape index (κ3) is 2.96. The second-order valence-corrected chi connectivity index (χ2v) is 5.10. The van der Waals surface area contributed by atoms with E-state index in [0.29, 0.717) is 5.92 Å². The van der Waals surface area contributed by atoms with Crippen LogP contribution in [0, 0.1) is 5.92 Å². The summed E-state index contributed by atoms with van der Waals surface area (Å²) in [4.78, 5) is 16.0. The molecule has 0 bridgehead atoms. The SMILES string of the molecule is COc1ccc(C(NC(=O)c2nc(N)n[nH]2)C2CC2)cc1. The van der Waals surface area contributed by atoms with E-state index in [4.69, 9.17) is 10.5 Å². The number of H-pyrrole nitrogens is 1. The molecule has 1 fully saturated rings. The molecule has 1 atom stereocenters. The molecule has 1 unspecified atom stereocenters. The Labute approximate surface area is 121 Å². The first-order chi connectivity index (χ1) is 10.2. The Morgan fingerprint density at radius 1 is 1.43 bits per heavy atom. The van der Waals surface area contributed by atoms with Crippen molar-refractivity contribution in [1.82, 2.24) is 20.5 Å². The van der Waals surface area contributed by atoms with Gasteiger partial charge in [0, 0.05) is 0 Å². The molecule has 0 radical (unpaired) electrons. The number of hydrogen-bond acceptors (Lipinski definition) is 5. The summed E-state index contributed by atoms with van der Waals surface area (Å²) in [7, 11) is 1.63. The maximum absolute atomic E-state index is 12.2. The minimum Gasteiger partial charge on any atom is -0.497 e. The first-order valence-corrected chi connectivity index (χ1v) is 6.80. The van der Waals surface area contributed by atoms with E-state index in [0.717, 1.165) is 24.2 Å². The number of nitrogens with two attached hydrogens (primary N) is 1. The molecule has 1 aliphatic rings. The summed E-state index contributed by atoms with van der Waals surface area (Å²) in [5, 5.41) is 9.18. The van der Waals surface area contributed by atoms with E-state index in [2.05, 4.69) is 20.5 Å². The van der Waals surface area contributed by atoms with Crippen LogP contribution in [0.15, 0.2) is 24.3 Å². The molecule has 1 aliphatic carbocycles. The second kappa shape index (κ2) is 5.43. The Bertz CT molecular complexity index is 633. The lowest BCUT2D eigenvalue weighted by atomic mass is 10.0. The first-order valence-electron chi connectivity index (χ1n) is 6.80. The largest absolute Gasteiger partial charge is 0.497 e. The first kappa shape index (κ1) is 13.4. The number of aromatic nitrogens is 3. The fraction of sp³-hybridized carbons (Fsp3) is 0.357. The lowest BCUT2D eigenvalue weighted by Gasteiger charge is -2.18. The summed E-state index contributed by atoms with van der Waals surface area (Å²) in [6.07, 6.45) is 2.21. The molecule has 110 valence electrons. The summed E-state index contributed by atoms with van der Waals surface area (Å²) in [5.41, 5.74) is 6.47. The molecule has 7 nitrogen and oxygen atoms in total. The van der Waals surface area contributed by atoms with Crippen molar-refractivity contribution in [2.24, 2.45) is 5.92 Å². The zero-order valence-electron chi connectivity index (χ0n) is 11.7. The van der Waals surface area contributed by atoms with E-state index in [1.807, 2.05) is 24.3 Å². The van der Waals surface area contributed by atoms with Crippen LogP contribution in [-0.4, -0.2) is 28.2 Å². The number of amides is 1. The number of carbonyl (C=O) groups is 1. The molecule has 1 saturated carbocycles. The third-order valence-electron chi connectivity index (χ3n) is 3.57. The highest BCUT2D eigenvalue weighted by molar-refractivity contribution is 5.90. The van der Waals surface area contributed by atoms with Crippen LogP contribution in [0.3, 0.4) is 0 Å². The van der Waals surface area contributed by atoms with Crippen LogP contribution in [0.1, 0.15) is 35.1 Å². The quantitative estimate of drug-likeness (QED) is 0.768. The predicted molar refractivity (Wildman–Crippen MR) is 76.7 cm³/mol. The van der Waals surface area contributed by atoms with Gasteiger partial charge in [-0.3, -0.25) is 9.89 Å². The molecule has 0 aliphatic heterocycles. The molecule has 1 amide bonds. The number of nitrogen functional groups attached to an aromatic ring is 1. The monoisotopic (exact) mass is 287 g/mol. The summed E-state index contributed by atoms with van der Waals surface area (Å²) in [5.74, 6) is 1.15. The number of nitrogens with zero attached hydrogens (tertiary/aromatic N) is 2. The lowest BCUT2D eigenvalue weighted by Crippen LogP contribution is -2.30. The Morgan fingerprint density at radius 2 is 2.14 bits per heavy atom. The molecule has 7 heteroatoms. The van der Waals surface area contributed by atoms with Crippen molar-refractivity contribution in [1.29, 1.82) is 0 Å². The van der Waals surface area contributed by atoms with Crippen molar-refractivity contribution in [3.63, 3.8) is 0 Å². The highest BCUT2D eigenvalue weighted by Gasteiger charge is 2.34. The highest BCUT2D eigenvalue weighted by atomic mass is 16.5. The summed E-state index contributed by atoms with van der Waals surface area (Å²) in [6.45, 7) is 0. The van der Waals surface area contributed by atoms with Crippen LogP contribution in [0.4, 0.5) is 5.95 Å². The van der Waals surface area contributed by atoms with Gasteiger partial charge in [-0.05, 0) is 36.5 Å². The van der Waals surface area contributed by atoms with Crippen LogP contribution in [-0.2, 0) is 0 Å². The zero-order chi connectivity index (χ0) is 14.8. The minimum atomic E-state index is -0.299. The molecule has 4 N–H and O–H groups in total. The van der Waals surface area contributed by atoms with E-state index in [-0.39, 0.29) is 23.7 Å². The van der Waals surface area contributed by atoms with Gasteiger partial charge in [-0.25, -0.2) is 0 Å². The third-order valence-corrected chi connectivity index (χ3v) is 3.57. The summed E-state index contributed by atoms with van der Waals surface area (Å²) >= 11 is 0. The molecule has 0 spiro atoms. The number of benzene rings is 1. The van der Waals surface area contributed by atoms with Gasteiger partial charge in [-0.1, -0.05) is 12.1 Å². The van der Waals surface area contributed by atoms with Crippen LogP contribution in [0.25, 0.3) is 0 Å². The molecular weight excluding hydrogens is 270 g/mol. The van der Waals surface area contributed by atoms with E-state index in [1.165, 1.54) is 0 Å². The van der Waals surface area contributed by atoms with Crippen LogP contribution < -0.4 is 15.8 Å². The number of methoxy groups -OCH3 is 1. The topological polar surface area (TPSA) is 106 Å². The number of ether oxygens (including phenoxy) is 1. The Hall–Kier alpha value is -2.57. The smallest absolute Gasteiger partial charge is 0.289 e. The van der Waals surface area contributed by atoms with Gasteiger partial charge in [0.15, 0.2) is 0 Å². The maximum Gasteiger partial charge on any atom is 0.289 e. The fourth-order valence-corrected chi connectivity index (χ4v) is 2.30. The van der Waals surface area contributed by atoms with Crippen molar-refractivity contribution in [2.75, 3.05) is 12.8 Å². The molecule has 1 aromatic carbocycles. The van der Waals surface area contributed by atoms with Crippen molar-refractivity contribution in [2.45, 2.75) is 18.9 Å². The van der Waals surface area contributed by atoms with Gasteiger partial charge in [-0.2, -0.15) is 4.98 Å². The van der Waals surface area contributed by atoms with Crippen molar-refractivity contribution < 1.29 is 9.53 Å². The molecule has 1 heterocycles. The van der Waals surface area contributed by atoms with Crippen molar-refractivity contribution in [3.05, 3.63) is 35.7 Å². The summed E-state index contributed by atoms with van der Waals surface area (Å²) < 4.78 is 5.15. The highest BCUT2D eigenvalue weighted by Crippen LogP contribution is 2.41. The molecular formula is C14H17N5O2. The normalized spacial score (nSPS) is 15.5. The fourth-order valence-electron chi connectivity index (χ4n) is 2.30. The number of carbonyl (C=O) groups excluding carboxylic acids is 1. The van der Waals surface area contributed by atoms with Gasteiger partial charge in [0.1, 0.15) is 5.75 Å². The average Bonchev–Trinajstić information content (AvgIpc) is 3.25. The van der Waals surface area contributed by atoms with Gasteiger partial charge in [-0.15, -0.1) is 5.10 Å². The van der Waals surface area contributed by atoms with Gasteiger partial charge < -0.3 is 15.8 Å². The molecule has 3 rings (SSSR count). The number of rotatable bonds is 5. The average molecular weight is 287 g/mol. The standard InChI is InChI=1S/C14H17N5O2/c1-21-10-6-4-9(5-7-10)11(8-2-3-8)16-13(20)12-17-14(15)19-18-12/h4-8,11H,2-3H2,1H3,(H,16,20)(H3,15,17,18,19). The maximum atomic E-state index is 12.2. The van der Waals surface area contributed by atoms with Gasteiger partial charge >= 0.3 is 0 Å². The van der Waals surface area contributed by atoms with Crippen molar-refractivity contribution >= 4 is 11.9 Å². The van der Waals surface area contributed by atoms with Gasteiger partial charge in [0.2, 0.25) is 11.8 Å². The number of nitrogens with one attached hydrogen (secondary N) is 2. The Morgan fingerprint density at radius 3 is 2.67 bits per heavy atom. The molecule has 2 aromatic rings. The number of aromatic amines is 1. The van der Waals surface area contributed by atoms with Gasteiger partial charge in [0.05, 0.1) is 13.2 Å². The van der Waals surface area contributed by atoms with E-state index < -0.39 is 0 Å². The van der Waals surface area contributed by atoms with Gasteiger partial charge in [0.25, 0.3) is 5.91 Å². The second-order valence-electron chi connectivity index (χ2n) is 5.10. The van der Waals surface area contributed by atoms with Crippen molar-refractivity contribution in [3.8, 4) is 5.75 Å². The number of anilines is 1. The molecule has 1 aromatic heterocycles. The summed E-state index contributed by atoms with van der Waals surface area (Å²) in [6, 6.07) is 7.69. The minimum absolute atomic E-state index is 0.0327. The van der Waals surface area contributed by atoms with Crippen LogP contribution in [0.5, 0.6) is 5.75 Å². The molecule has 21 heavy (non-hydrogen) atoms.